The minimum absolute atomic E-state index is 0.264. The van der Waals surface area contributed by atoms with Crippen molar-refractivity contribution in [2.24, 2.45) is 0 Å². The van der Waals surface area contributed by atoms with E-state index in [-0.39, 0.29) is 5.91 Å². The Labute approximate surface area is 144 Å². The average Bonchev–Trinajstić information content (AvgIpc) is 3.06. The fourth-order valence-corrected chi connectivity index (χ4v) is 2.83. The van der Waals surface area contributed by atoms with Crippen molar-refractivity contribution in [3.63, 3.8) is 0 Å². The quantitative estimate of drug-likeness (QED) is 0.692. The number of nitrogens with one attached hydrogen (secondary N) is 2. The molecular weight excluding hydrogens is 322 g/mol. The van der Waals surface area contributed by atoms with Crippen LogP contribution in [0.2, 0.25) is 0 Å². The van der Waals surface area contributed by atoms with E-state index in [2.05, 4.69) is 15.6 Å². The van der Waals surface area contributed by atoms with Gasteiger partial charge in [0, 0.05) is 11.1 Å². The maximum absolute atomic E-state index is 12.4. The molecule has 24 heavy (non-hydrogen) atoms. The van der Waals surface area contributed by atoms with Gasteiger partial charge in [-0.15, -0.1) is 11.3 Å². The van der Waals surface area contributed by atoms with Crippen molar-refractivity contribution < 1.29 is 9.53 Å². The molecule has 0 aliphatic heterocycles. The highest BCUT2D eigenvalue weighted by Crippen LogP contribution is 2.25. The van der Waals surface area contributed by atoms with E-state index in [4.69, 9.17) is 4.74 Å². The lowest BCUT2D eigenvalue weighted by Gasteiger charge is -2.10. The second kappa shape index (κ2) is 7.61. The Morgan fingerprint density at radius 1 is 1.12 bits per heavy atom. The van der Waals surface area contributed by atoms with Crippen LogP contribution < -0.4 is 15.4 Å². The molecule has 3 aromatic rings. The first kappa shape index (κ1) is 16.0. The van der Waals surface area contributed by atoms with Crippen LogP contribution in [-0.4, -0.2) is 17.5 Å². The summed E-state index contributed by atoms with van der Waals surface area (Å²) in [5.41, 5.74) is 1.93. The summed E-state index contributed by atoms with van der Waals surface area (Å²) < 4.78 is 5.51. The first-order valence-electron chi connectivity index (χ1n) is 7.57. The van der Waals surface area contributed by atoms with Crippen LogP contribution >= 0.6 is 11.3 Å². The average molecular weight is 339 g/mol. The molecule has 0 aliphatic rings. The molecule has 0 aliphatic carbocycles. The SMILES string of the molecule is CCOc1ccccc1NC(=O)c1csc(Nc2ccccc2)n1. The van der Waals surface area contributed by atoms with Gasteiger partial charge in [0.05, 0.1) is 12.3 Å². The van der Waals surface area contributed by atoms with Crippen LogP contribution in [0.4, 0.5) is 16.5 Å². The highest BCUT2D eigenvalue weighted by atomic mass is 32.1. The first-order valence-corrected chi connectivity index (χ1v) is 8.45. The third-order valence-corrected chi connectivity index (χ3v) is 3.95. The van der Waals surface area contributed by atoms with E-state index in [1.807, 2.05) is 55.5 Å². The Balaban J connectivity index is 1.70. The van der Waals surface area contributed by atoms with E-state index < -0.39 is 0 Å². The number of thiazole rings is 1. The molecule has 0 spiro atoms. The largest absolute Gasteiger partial charge is 0.492 e. The lowest BCUT2D eigenvalue weighted by molar-refractivity contribution is 0.102. The molecule has 6 heteroatoms. The van der Waals surface area contributed by atoms with Crippen LogP contribution in [0.1, 0.15) is 17.4 Å². The first-order chi connectivity index (χ1) is 11.8. The third-order valence-electron chi connectivity index (χ3n) is 3.20. The summed E-state index contributed by atoms with van der Waals surface area (Å²) in [6.45, 7) is 2.44. The van der Waals surface area contributed by atoms with Crippen molar-refractivity contribution in [3.05, 3.63) is 65.7 Å². The molecule has 0 unspecified atom stereocenters. The van der Waals surface area contributed by atoms with E-state index in [0.717, 1.165) is 5.69 Å². The highest BCUT2D eigenvalue weighted by Gasteiger charge is 2.13. The Hall–Kier alpha value is -2.86. The number of anilines is 3. The predicted molar refractivity (Wildman–Crippen MR) is 97.4 cm³/mol. The van der Waals surface area contributed by atoms with Crippen molar-refractivity contribution >= 4 is 33.8 Å². The maximum atomic E-state index is 12.4. The Kier molecular flexibility index (Phi) is 5.08. The van der Waals surface area contributed by atoms with Gasteiger partial charge in [0.15, 0.2) is 5.13 Å². The number of ether oxygens (including phenoxy) is 1. The van der Waals surface area contributed by atoms with E-state index in [1.54, 1.807) is 11.4 Å². The standard InChI is InChI=1S/C18H17N3O2S/c1-2-23-16-11-7-6-10-14(16)20-17(22)15-12-24-18(21-15)19-13-8-4-3-5-9-13/h3-12H,2H2,1H3,(H,19,21)(H,20,22). The zero-order chi connectivity index (χ0) is 16.8. The number of carbonyl (C=O) groups excluding carboxylic acids is 1. The van der Waals surface area contributed by atoms with Gasteiger partial charge < -0.3 is 15.4 Å². The van der Waals surface area contributed by atoms with Gasteiger partial charge in [0.25, 0.3) is 5.91 Å². The fourth-order valence-electron chi connectivity index (χ4n) is 2.12. The smallest absolute Gasteiger partial charge is 0.275 e. The number of aromatic nitrogens is 1. The van der Waals surface area contributed by atoms with Gasteiger partial charge in [0.1, 0.15) is 11.4 Å². The Morgan fingerprint density at radius 2 is 1.88 bits per heavy atom. The molecule has 1 amide bonds. The number of rotatable bonds is 6. The molecule has 122 valence electrons. The molecule has 0 fully saturated rings. The van der Waals surface area contributed by atoms with E-state index in [0.29, 0.717) is 28.9 Å². The number of benzene rings is 2. The van der Waals surface area contributed by atoms with Gasteiger partial charge >= 0.3 is 0 Å². The monoisotopic (exact) mass is 339 g/mol. The van der Waals surface area contributed by atoms with Crippen molar-refractivity contribution in [3.8, 4) is 5.75 Å². The van der Waals surface area contributed by atoms with Crippen LogP contribution in [0, 0.1) is 0 Å². The van der Waals surface area contributed by atoms with E-state index >= 15 is 0 Å². The minimum Gasteiger partial charge on any atom is -0.492 e. The predicted octanol–water partition coefficient (Wildman–Crippen LogP) is 4.54. The molecular formula is C18H17N3O2S. The third kappa shape index (κ3) is 3.91. The molecule has 0 saturated carbocycles. The summed E-state index contributed by atoms with van der Waals surface area (Å²) in [4.78, 5) is 16.7. The Morgan fingerprint density at radius 3 is 2.67 bits per heavy atom. The second-order valence-corrected chi connectivity index (χ2v) is 5.77. The minimum atomic E-state index is -0.264. The molecule has 5 nitrogen and oxygen atoms in total. The van der Waals surface area contributed by atoms with Crippen LogP contribution in [0.15, 0.2) is 60.0 Å². The fraction of sp³-hybridized carbons (Fsp3) is 0.111. The molecule has 3 rings (SSSR count). The van der Waals surface area contributed by atoms with Crippen LogP contribution in [0.5, 0.6) is 5.75 Å². The van der Waals surface area contributed by atoms with Crippen molar-refractivity contribution in [1.29, 1.82) is 0 Å². The zero-order valence-electron chi connectivity index (χ0n) is 13.2. The van der Waals surface area contributed by atoms with Crippen LogP contribution in [0.3, 0.4) is 0 Å². The lowest BCUT2D eigenvalue weighted by atomic mass is 10.3. The number of amides is 1. The van der Waals surface area contributed by atoms with E-state index in [1.165, 1.54) is 11.3 Å². The topological polar surface area (TPSA) is 63.2 Å². The summed E-state index contributed by atoms with van der Waals surface area (Å²) in [6.07, 6.45) is 0. The van der Waals surface area contributed by atoms with Gasteiger partial charge in [0.2, 0.25) is 0 Å². The van der Waals surface area contributed by atoms with Crippen LogP contribution in [-0.2, 0) is 0 Å². The number of nitrogens with zero attached hydrogens (tertiary/aromatic N) is 1. The van der Waals surface area contributed by atoms with Gasteiger partial charge in [-0.3, -0.25) is 4.79 Å². The molecule has 0 atom stereocenters. The van der Waals surface area contributed by atoms with Crippen LogP contribution in [0.25, 0.3) is 0 Å². The van der Waals surface area contributed by atoms with Crippen molar-refractivity contribution in [1.82, 2.24) is 4.98 Å². The molecule has 0 saturated heterocycles. The summed E-state index contributed by atoms with van der Waals surface area (Å²) in [7, 11) is 0. The molecule has 2 N–H and O–H groups in total. The number of hydrogen-bond acceptors (Lipinski definition) is 5. The van der Waals surface area contributed by atoms with Gasteiger partial charge in [-0.1, -0.05) is 30.3 Å². The highest BCUT2D eigenvalue weighted by molar-refractivity contribution is 7.14. The maximum Gasteiger partial charge on any atom is 0.275 e. The van der Waals surface area contributed by atoms with Gasteiger partial charge in [-0.05, 0) is 31.2 Å². The summed E-state index contributed by atoms with van der Waals surface area (Å²) in [6, 6.07) is 17.1. The number of para-hydroxylation sites is 3. The zero-order valence-corrected chi connectivity index (χ0v) is 14.0. The molecule has 1 aromatic heterocycles. The Bertz CT molecular complexity index is 818. The van der Waals surface area contributed by atoms with Crippen molar-refractivity contribution in [2.45, 2.75) is 6.92 Å². The van der Waals surface area contributed by atoms with Gasteiger partial charge in [-0.25, -0.2) is 4.98 Å². The van der Waals surface area contributed by atoms with Crippen molar-refractivity contribution in [2.75, 3.05) is 17.2 Å². The number of hydrogen-bond donors (Lipinski definition) is 2. The normalized spacial score (nSPS) is 10.2. The molecule has 2 aromatic carbocycles. The van der Waals surface area contributed by atoms with E-state index in [9.17, 15) is 4.79 Å². The summed E-state index contributed by atoms with van der Waals surface area (Å²) in [5, 5.41) is 8.42. The molecule has 1 heterocycles. The second-order valence-electron chi connectivity index (χ2n) is 4.91. The molecule has 0 radical (unpaired) electrons. The summed E-state index contributed by atoms with van der Waals surface area (Å²) >= 11 is 1.38. The van der Waals surface area contributed by atoms with Gasteiger partial charge in [-0.2, -0.15) is 0 Å². The summed E-state index contributed by atoms with van der Waals surface area (Å²) in [5.74, 6) is 0.380. The lowest BCUT2D eigenvalue weighted by Crippen LogP contribution is -2.13. The number of carbonyl (C=O) groups is 1. The molecule has 0 bridgehead atoms.